The van der Waals surface area contributed by atoms with Crippen molar-refractivity contribution in [2.24, 2.45) is 0 Å². The fraction of sp³-hybridized carbons (Fsp3) is 0.391. The normalized spacial score (nSPS) is 16.6. The van der Waals surface area contributed by atoms with Crippen LogP contribution in [0.5, 0.6) is 0 Å². The minimum absolute atomic E-state index is 0.164. The summed E-state index contributed by atoms with van der Waals surface area (Å²) < 4.78 is 1.84. The lowest BCUT2D eigenvalue weighted by Crippen LogP contribution is -2.50. The monoisotopic (exact) mass is 473 g/mol. The molecule has 1 aliphatic heterocycles. The lowest BCUT2D eigenvalue weighted by Gasteiger charge is -2.35. The van der Waals surface area contributed by atoms with Crippen molar-refractivity contribution in [3.63, 3.8) is 0 Å². The molecule has 0 bridgehead atoms. The highest BCUT2D eigenvalue weighted by Crippen LogP contribution is 2.27. The topological polar surface area (TPSA) is 80.1 Å². The number of anilines is 1. The highest BCUT2D eigenvalue weighted by atomic mass is 35.5. The number of fused-ring (bicyclic) bond motifs is 1. The Morgan fingerprint density at radius 3 is 2.66 bits per heavy atom. The first-order valence-electron chi connectivity index (χ1n) is 10.7. The second-order valence-corrected chi connectivity index (χ2v) is 9.16. The van der Waals surface area contributed by atoms with Gasteiger partial charge in [0, 0.05) is 23.7 Å². The van der Waals surface area contributed by atoms with E-state index in [2.05, 4.69) is 15.4 Å². The molecule has 1 aromatic carbocycles. The van der Waals surface area contributed by atoms with Gasteiger partial charge in [0.2, 0.25) is 5.91 Å². The number of aryl methyl sites for hydroxylation is 1. The molecule has 2 aromatic heterocycles. The fourth-order valence-electron chi connectivity index (χ4n) is 4.06. The standard InChI is InChI=1S/C23H25Cl2N5O2/c1-13(2)30-21-15(12-26-30)10-17(14(3)27-21)23(32)29-9-5-4-6-20(29)22(31)28-16-7-8-18(24)19(25)11-16/h7-8,10-13,20H,4-6,9H2,1-3H3,(H,28,31). The van der Waals surface area contributed by atoms with Gasteiger partial charge in [0.05, 0.1) is 27.5 Å². The molecule has 1 fully saturated rings. The summed E-state index contributed by atoms with van der Waals surface area (Å²) in [6.45, 7) is 6.40. The fourth-order valence-corrected chi connectivity index (χ4v) is 4.36. The van der Waals surface area contributed by atoms with Gasteiger partial charge in [-0.2, -0.15) is 5.10 Å². The first-order valence-corrected chi connectivity index (χ1v) is 11.4. The summed E-state index contributed by atoms with van der Waals surface area (Å²) in [5.74, 6) is -0.432. The van der Waals surface area contributed by atoms with Crippen LogP contribution in [-0.4, -0.2) is 44.1 Å². The molecule has 168 valence electrons. The lowest BCUT2D eigenvalue weighted by atomic mass is 9.99. The van der Waals surface area contributed by atoms with Gasteiger partial charge in [-0.25, -0.2) is 9.67 Å². The van der Waals surface area contributed by atoms with Crippen molar-refractivity contribution < 1.29 is 9.59 Å². The van der Waals surface area contributed by atoms with E-state index in [9.17, 15) is 9.59 Å². The minimum Gasteiger partial charge on any atom is -0.327 e. The van der Waals surface area contributed by atoms with Crippen LogP contribution >= 0.6 is 23.2 Å². The number of nitrogens with zero attached hydrogens (tertiary/aromatic N) is 4. The molecule has 32 heavy (non-hydrogen) atoms. The van der Waals surface area contributed by atoms with E-state index < -0.39 is 6.04 Å². The van der Waals surface area contributed by atoms with Crippen LogP contribution < -0.4 is 5.32 Å². The maximum Gasteiger partial charge on any atom is 0.256 e. The Bertz CT molecular complexity index is 1190. The molecule has 0 radical (unpaired) electrons. The number of hydrogen-bond acceptors (Lipinski definition) is 4. The Morgan fingerprint density at radius 2 is 1.94 bits per heavy atom. The average molecular weight is 474 g/mol. The van der Waals surface area contributed by atoms with Crippen molar-refractivity contribution in [3.8, 4) is 0 Å². The summed E-state index contributed by atoms with van der Waals surface area (Å²) >= 11 is 12.0. The number of amides is 2. The molecule has 2 amide bonds. The van der Waals surface area contributed by atoms with Crippen LogP contribution in [0.1, 0.15) is 55.2 Å². The van der Waals surface area contributed by atoms with Gasteiger partial charge >= 0.3 is 0 Å². The SMILES string of the molecule is Cc1nc2c(cnn2C(C)C)cc1C(=O)N1CCCCC1C(=O)Nc1ccc(Cl)c(Cl)c1. The van der Waals surface area contributed by atoms with E-state index in [1.54, 1.807) is 29.3 Å². The van der Waals surface area contributed by atoms with Crippen molar-refractivity contribution in [1.29, 1.82) is 0 Å². The van der Waals surface area contributed by atoms with Gasteiger partial charge in [-0.15, -0.1) is 0 Å². The van der Waals surface area contributed by atoms with E-state index in [4.69, 9.17) is 23.2 Å². The Morgan fingerprint density at radius 1 is 1.16 bits per heavy atom. The van der Waals surface area contributed by atoms with Crippen molar-refractivity contribution in [3.05, 3.63) is 51.8 Å². The van der Waals surface area contributed by atoms with Crippen LogP contribution in [0, 0.1) is 6.92 Å². The number of aromatic nitrogens is 3. The van der Waals surface area contributed by atoms with Crippen molar-refractivity contribution >= 4 is 51.7 Å². The Hall–Kier alpha value is -2.64. The molecule has 1 aliphatic rings. The molecular formula is C23H25Cl2N5O2. The molecule has 0 spiro atoms. The van der Waals surface area contributed by atoms with Crippen LogP contribution in [0.25, 0.3) is 11.0 Å². The van der Waals surface area contributed by atoms with Crippen molar-refractivity contribution in [2.45, 2.75) is 52.1 Å². The quantitative estimate of drug-likeness (QED) is 0.560. The number of halogens is 2. The molecule has 3 aromatic rings. The predicted molar refractivity (Wildman–Crippen MR) is 126 cm³/mol. The summed E-state index contributed by atoms with van der Waals surface area (Å²) in [5, 5.41) is 8.85. The average Bonchev–Trinajstić information content (AvgIpc) is 3.18. The smallest absolute Gasteiger partial charge is 0.256 e. The number of piperidine rings is 1. The lowest BCUT2D eigenvalue weighted by molar-refractivity contribution is -0.121. The number of hydrogen-bond donors (Lipinski definition) is 1. The first-order chi connectivity index (χ1) is 15.3. The zero-order chi connectivity index (χ0) is 23.0. The molecule has 0 aliphatic carbocycles. The van der Waals surface area contributed by atoms with E-state index in [0.29, 0.717) is 40.0 Å². The molecule has 7 nitrogen and oxygen atoms in total. The maximum atomic E-state index is 13.5. The van der Waals surface area contributed by atoms with Gasteiger partial charge in [0.15, 0.2) is 5.65 Å². The summed E-state index contributed by atoms with van der Waals surface area (Å²) in [7, 11) is 0. The number of benzene rings is 1. The van der Waals surface area contributed by atoms with Gasteiger partial charge < -0.3 is 10.2 Å². The third-order valence-corrected chi connectivity index (χ3v) is 6.47. The van der Waals surface area contributed by atoms with Crippen molar-refractivity contribution in [2.75, 3.05) is 11.9 Å². The van der Waals surface area contributed by atoms with Gasteiger partial charge in [0.1, 0.15) is 6.04 Å². The Labute approximate surface area is 196 Å². The Kier molecular flexibility index (Phi) is 6.40. The number of nitrogens with one attached hydrogen (secondary N) is 1. The molecule has 1 N–H and O–H groups in total. The molecular weight excluding hydrogens is 449 g/mol. The second kappa shape index (κ2) is 9.08. The zero-order valence-electron chi connectivity index (χ0n) is 18.2. The van der Waals surface area contributed by atoms with Gasteiger partial charge in [-0.3, -0.25) is 9.59 Å². The molecule has 1 saturated heterocycles. The number of pyridine rings is 1. The molecule has 0 saturated carbocycles. The van der Waals surface area contributed by atoms with Crippen LogP contribution in [0.15, 0.2) is 30.5 Å². The molecule has 3 heterocycles. The number of carbonyl (C=O) groups is 2. The van der Waals surface area contributed by atoms with Gasteiger partial charge in [-0.1, -0.05) is 23.2 Å². The van der Waals surface area contributed by atoms with E-state index in [1.807, 2.05) is 31.5 Å². The predicted octanol–water partition coefficient (Wildman–Crippen LogP) is 5.26. The molecule has 4 rings (SSSR count). The maximum absolute atomic E-state index is 13.5. The number of rotatable bonds is 4. The zero-order valence-corrected chi connectivity index (χ0v) is 19.7. The number of carbonyl (C=O) groups excluding carboxylic acids is 2. The van der Waals surface area contributed by atoms with E-state index in [-0.39, 0.29) is 17.9 Å². The summed E-state index contributed by atoms with van der Waals surface area (Å²) in [5.41, 5.74) is 2.42. The molecule has 9 heteroatoms. The van der Waals surface area contributed by atoms with Crippen LogP contribution in [0.2, 0.25) is 10.0 Å². The van der Waals surface area contributed by atoms with Gasteiger partial charge in [0.25, 0.3) is 5.91 Å². The second-order valence-electron chi connectivity index (χ2n) is 8.35. The summed E-state index contributed by atoms with van der Waals surface area (Å²) in [4.78, 5) is 32.9. The first kappa shape index (κ1) is 22.6. The van der Waals surface area contributed by atoms with Crippen LogP contribution in [0.3, 0.4) is 0 Å². The van der Waals surface area contributed by atoms with Crippen LogP contribution in [0.4, 0.5) is 5.69 Å². The largest absolute Gasteiger partial charge is 0.327 e. The third-order valence-electron chi connectivity index (χ3n) is 5.73. The highest BCUT2D eigenvalue weighted by Gasteiger charge is 2.33. The van der Waals surface area contributed by atoms with Crippen LogP contribution in [-0.2, 0) is 4.79 Å². The summed E-state index contributed by atoms with van der Waals surface area (Å²) in [6, 6.07) is 6.34. The van der Waals surface area contributed by atoms with E-state index in [0.717, 1.165) is 23.9 Å². The Balaban J connectivity index is 1.60. The summed E-state index contributed by atoms with van der Waals surface area (Å²) in [6.07, 6.45) is 4.05. The molecule has 1 unspecified atom stereocenters. The van der Waals surface area contributed by atoms with Gasteiger partial charge in [-0.05, 0) is 64.3 Å². The van der Waals surface area contributed by atoms with Crippen molar-refractivity contribution in [1.82, 2.24) is 19.7 Å². The minimum atomic E-state index is -0.570. The third kappa shape index (κ3) is 4.32. The van der Waals surface area contributed by atoms with E-state index >= 15 is 0 Å². The molecule has 1 atom stereocenters. The van der Waals surface area contributed by atoms with E-state index in [1.165, 1.54) is 0 Å². The number of likely N-dealkylation sites (tertiary alicyclic amines) is 1. The highest BCUT2D eigenvalue weighted by molar-refractivity contribution is 6.42.